The summed E-state index contributed by atoms with van der Waals surface area (Å²) in [6, 6.07) is 9.00. The van der Waals surface area contributed by atoms with Crippen molar-refractivity contribution in [2.45, 2.75) is 31.7 Å². The zero-order valence-electron chi connectivity index (χ0n) is 20.3. The summed E-state index contributed by atoms with van der Waals surface area (Å²) in [5.74, 6) is 0.0325. The molecule has 2 aliphatic heterocycles. The fourth-order valence-electron chi connectivity index (χ4n) is 4.73. The minimum absolute atomic E-state index is 0.0734. The molecule has 1 saturated carbocycles. The normalized spacial score (nSPS) is 20.1. The molecule has 6 rings (SSSR count). The van der Waals surface area contributed by atoms with Gasteiger partial charge < -0.3 is 20.4 Å². The van der Waals surface area contributed by atoms with Crippen LogP contribution in [0.1, 0.15) is 31.2 Å². The number of imide groups is 1. The van der Waals surface area contributed by atoms with Crippen LogP contribution in [0.3, 0.4) is 0 Å². The molecule has 3 N–H and O–H groups in total. The monoisotopic (exact) mass is 486 g/mol. The molecule has 10 heteroatoms. The van der Waals surface area contributed by atoms with Crippen molar-refractivity contribution in [2.75, 3.05) is 48.8 Å². The predicted octanol–water partition coefficient (Wildman–Crippen LogP) is 2.62. The molecule has 186 valence electrons. The number of aromatic nitrogens is 3. The Morgan fingerprint density at radius 2 is 1.94 bits per heavy atom. The Labute approximate surface area is 209 Å². The topological polar surface area (TPSA) is 107 Å². The summed E-state index contributed by atoms with van der Waals surface area (Å²) in [6.45, 7) is 4.19. The first kappa shape index (κ1) is 22.5. The highest BCUT2D eigenvalue weighted by Gasteiger charge is 2.24. The largest absolute Gasteiger partial charge is 0.382 e. The van der Waals surface area contributed by atoms with E-state index in [1.807, 2.05) is 12.3 Å². The Bertz CT molecular complexity index is 1360. The third kappa shape index (κ3) is 4.90. The maximum atomic E-state index is 12.0. The molecule has 10 nitrogen and oxygen atoms in total. The van der Waals surface area contributed by atoms with E-state index in [1.54, 1.807) is 16.8 Å². The van der Waals surface area contributed by atoms with Crippen LogP contribution < -0.4 is 20.9 Å². The van der Waals surface area contributed by atoms with Gasteiger partial charge in [0.2, 0.25) is 5.91 Å². The van der Waals surface area contributed by atoms with Gasteiger partial charge in [-0.1, -0.05) is 0 Å². The first-order valence-electron chi connectivity index (χ1n) is 12.5. The van der Waals surface area contributed by atoms with Gasteiger partial charge in [0.15, 0.2) is 5.65 Å². The Morgan fingerprint density at radius 1 is 1.08 bits per heavy atom. The second-order valence-electron chi connectivity index (χ2n) is 9.86. The van der Waals surface area contributed by atoms with E-state index in [4.69, 9.17) is 4.98 Å². The summed E-state index contributed by atoms with van der Waals surface area (Å²) in [7, 11) is 2.18. The van der Waals surface area contributed by atoms with E-state index in [0.29, 0.717) is 28.6 Å². The smallest absolute Gasteiger partial charge is 0.254 e. The number of benzene rings is 1. The standard InChI is InChI=1S/C26H30N8O2/c1-32-6-2-7-33(10-9-32)22-14-20(28-19-3-4-19)13-21(15-22)29-23-5-8-34-25(30-23)18(16-27-34)11-17-12-24(35)31-26(17)36/h5,8,11,13-16,19,28H,2-4,6-7,9-10,12H2,1H3,(H,29,30)(H,31,35,36)/b17-11-. The van der Waals surface area contributed by atoms with Crippen LogP contribution in [0.25, 0.3) is 11.7 Å². The Balaban J connectivity index is 1.29. The van der Waals surface area contributed by atoms with Crippen molar-refractivity contribution >= 4 is 46.4 Å². The number of carbonyl (C=O) groups excluding carboxylic acids is 2. The van der Waals surface area contributed by atoms with E-state index >= 15 is 0 Å². The Morgan fingerprint density at radius 3 is 2.75 bits per heavy atom. The number of amides is 2. The number of carbonyl (C=O) groups is 2. The van der Waals surface area contributed by atoms with Crippen LogP contribution in [0.5, 0.6) is 0 Å². The molecule has 1 aliphatic carbocycles. The second kappa shape index (κ2) is 9.27. The van der Waals surface area contributed by atoms with E-state index in [2.05, 4.69) is 56.1 Å². The van der Waals surface area contributed by atoms with Crippen LogP contribution in [0.4, 0.5) is 22.9 Å². The molecule has 0 bridgehead atoms. The molecular formula is C26H30N8O2. The molecule has 1 aromatic carbocycles. The fraction of sp³-hybridized carbons (Fsp3) is 0.385. The number of anilines is 4. The lowest BCUT2D eigenvalue weighted by Gasteiger charge is -2.24. The molecule has 4 heterocycles. The first-order chi connectivity index (χ1) is 17.5. The second-order valence-corrected chi connectivity index (χ2v) is 9.86. The van der Waals surface area contributed by atoms with Crippen molar-refractivity contribution in [2.24, 2.45) is 0 Å². The van der Waals surface area contributed by atoms with Crippen LogP contribution >= 0.6 is 0 Å². The highest BCUT2D eigenvalue weighted by atomic mass is 16.2. The van der Waals surface area contributed by atoms with Gasteiger partial charge in [-0.3, -0.25) is 14.9 Å². The third-order valence-corrected chi connectivity index (χ3v) is 6.84. The number of likely N-dealkylation sites (N-methyl/N-ethyl adjacent to an activating group) is 1. The lowest BCUT2D eigenvalue weighted by molar-refractivity contribution is -0.124. The molecule has 0 spiro atoms. The Hall–Kier alpha value is -3.92. The molecule has 2 saturated heterocycles. The summed E-state index contributed by atoms with van der Waals surface area (Å²) in [4.78, 5) is 33.2. The van der Waals surface area contributed by atoms with Crippen molar-refractivity contribution in [1.82, 2.24) is 24.8 Å². The molecule has 0 radical (unpaired) electrons. The highest BCUT2D eigenvalue weighted by molar-refractivity contribution is 6.15. The van der Waals surface area contributed by atoms with Gasteiger partial charge in [-0.2, -0.15) is 5.10 Å². The molecular weight excluding hydrogens is 456 g/mol. The summed E-state index contributed by atoms with van der Waals surface area (Å²) < 4.78 is 1.66. The van der Waals surface area contributed by atoms with Gasteiger partial charge in [0.1, 0.15) is 5.82 Å². The molecule has 3 aliphatic rings. The van der Waals surface area contributed by atoms with Gasteiger partial charge in [-0.05, 0) is 63.2 Å². The van der Waals surface area contributed by atoms with Gasteiger partial charge >= 0.3 is 0 Å². The molecule has 2 amide bonds. The molecule has 0 unspecified atom stereocenters. The molecule has 2 aromatic heterocycles. The van der Waals surface area contributed by atoms with E-state index in [-0.39, 0.29) is 18.2 Å². The summed E-state index contributed by atoms with van der Waals surface area (Å²) in [6.07, 6.45) is 8.82. The van der Waals surface area contributed by atoms with E-state index in [9.17, 15) is 9.59 Å². The van der Waals surface area contributed by atoms with Crippen LogP contribution in [0, 0.1) is 0 Å². The molecule has 0 atom stereocenters. The van der Waals surface area contributed by atoms with Gasteiger partial charge in [0, 0.05) is 60.1 Å². The minimum Gasteiger partial charge on any atom is -0.382 e. The highest BCUT2D eigenvalue weighted by Crippen LogP contribution is 2.32. The van der Waals surface area contributed by atoms with Crippen molar-refractivity contribution in [3.63, 3.8) is 0 Å². The van der Waals surface area contributed by atoms with E-state index in [0.717, 1.165) is 44.0 Å². The third-order valence-electron chi connectivity index (χ3n) is 6.84. The van der Waals surface area contributed by atoms with Crippen LogP contribution in [0.2, 0.25) is 0 Å². The van der Waals surface area contributed by atoms with Gasteiger partial charge in [0.05, 0.1) is 12.6 Å². The van der Waals surface area contributed by atoms with Crippen LogP contribution in [-0.4, -0.2) is 70.6 Å². The summed E-state index contributed by atoms with van der Waals surface area (Å²) >= 11 is 0. The molecule has 3 aromatic rings. The maximum Gasteiger partial charge on any atom is 0.254 e. The predicted molar refractivity (Wildman–Crippen MR) is 139 cm³/mol. The number of nitrogens with zero attached hydrogens (tertiary/aromatic N) is 5. The number of hydrogen-bond donors (Lipinski definition) is 3. The molecule has 3 fully saturated rings. The summed E-state index contributed by atoms with van der Waals surface area (Å²) in [5, 5.41) is 13.8. The Kier molecular flexibility index (Phi) is 5.80. The fourth-order valence-corrected chi connectivity index (χ4v) is 4.73. The van der Waals surface area contributed by atoms with Crippen molar-refractivity contribution in [3.05, 3.63) is 47.8 Å². The zero-order valence-corrected chi connectivity index (χ0v) is 20.3. The summed E-state index contributed by atoms with van der Waals surface area (Å²) in [5.41, 5.74) is 5.00. The zero-order chi connectivity index (χ0) is 24.6. The lowest BCUT2D eigenvalue weighted by atomic mass is 10.1. The van der Waals surface area contributed by atoms with Crippen LogP contribution in [-0.2, 0) is 9.59 Å². The minimum atomic E-state index is -0.360. The number of fused-ring (bicyclic) bond motifs is 1. The number of nitrogens with one attached hydrogen (secondary N) is 3. The average Bonchev–Trinajstić information content (AvgIpc) is 3.55. The lowest BCUT2D eigenvalue weighted by Crippen LogP contribution is -2.28. The SMILES string of the molecule is CN1CCCN(c2cc(Nc3ccn4ncc(/C=C5/CC(=O)NC5=O)c4n3)cc(NC3CC3)c2)CC1. The van der Waals surface area contributed by atoms with Crippen molar-refractivity contribution in [1.29, 1.82) is 0 Å². The maximum absolute atomic E-state index is 12.0. The number of rotatable bonds is 6. The van der Waals surface area contributed by atoms with Gasteiger partial charge in [-0.15, -0.1) is 0 Å². The first-order valence-corrected chi connectivity index (χ1v) is 12.5. The van der Waals surface area contributed by atoms with Gasteiger partial charge in [-0.25, -0.2) is 9.50 Å². The van der Waals surface area contributed by atoms with Crippen LogP contribution in [0.15, 0.2) is 42.2 Å². The average molecular weight is 487 g/mol. The van der Waals surface area contributed by atoms with E-state index < -0.39 is 0 Å². The van der Waals surface area contributed by atoms with Gasteiger partial charge in [0.25, 0.3) is 5.91 Å². The number of hydrogen-bond acceptors (Lipinski definition) is 8. The van der Waals surface area contributed by atoms with E-state index in [1.165, 1.54) is 18.5 Å². The van der Waals surface area contributed by atoms with Crippen molar-refractivity contribution < 1.29 is 9.59 Å². The molecule has 36 heavy (non-hydrogen) atoms. The quantitative estimate of drug-likeness (QED) is 0.361. The van der Waals surface area contributed by atoms with Crippen molar-refractivity contribution in [3.8, 4) is 0 Å².